The van der Waals surface area contributed by atoms with Gasteiger partial charge >= 0.3 is 0 Å². The Kier molecular flexibility index (Phi) is 5.36. The number of hydrogen-bond acceptors (Lipinski definition) is 4. The predicted octanol–water partition coefficient (Wildman–Crippen LogP) is 2.49. The zero-order valence-corrected chi connectivity index (χ0v) is 15.0. The third-order valence-corrected chi connectivity index (χ3v) is 6.16. The number of amides is 1. The lowest BCUT2D eigenvalue weighted by Crippen LogP contribution is -2.46. The zero-order valence-electron chi connectivity index (χ0n) is 14.2. The molecule has 3 rings (SSSR count). The van der Waals surface area contributed by atoms with E-state index in [1.807, 2.05) is 0 Å². The summed E-state index contributed by atoms with van der Waals surface area (Å²) < 4.78 is 45.1. The van der Waals surface area contributed by atoms with Crippen molar-refractivity contribution in [3.63, 3.8) is 0 Å². The van der Waals surface area contributed by atoms with Crippen molar-refractivity contribution >= 4 is 21.6 Å². The monoisotopic (exact) mass is 378 g/mol. The summed E-state index contributed by atoms with van der Waals surface area (Å²) in [7, 11) is -3.64. The summed E-state index contributed by atoms with van der Waals surface area (Å²) in [6.07, 6.45) is 0. The molecule has 2 aromatic rings. The van der Waals surface area contributed by atoms with Gasteiger partial charge < -0.3 is 10.1 Å². The lowest BCUT2D eigenvalue weighted by molar-refractivity contribution is 0.0393. The number of halogens is 1. The average molecular weight is 378 g/mol. The second-order valence-corrected chi connectivity index (χ2v) is 7.92. The van der Waals surface area contributed by atoms with Crippen LogP contribution in [0.2, 0.25) is 0 Å². The zero-order chi connectivity index (χ0) is 18.7. The summed E-state index contributed by atoms with van der Waals surface area (Å²) >= 11 is 0. The van der Waals surface area contributed by atoms with Crippen molar-refractivity contribution in [1.29, 1.82) is 0 Å². The molecule has 0 aromatic heterocycles. The molecule has 6 nitrogen and oxygen atoms in total. The number of hydrogen-bond donors (Lipinski definition) is 1. The summed E-state index contributed by atoms with van der Waals surface area (Å²) in [6.45, 7) is 2.82. The highest BCUT2D eigenvalue weighted by atomic mass is 32.2. The van der Waals surface area contributed by atoms with Crippen LogP contribution in [0, 0.1) is 5.82 Å². The first-order valence-corrected chi connectivity index (χ1v) is 9.58. The van der Waals surface area contributed by atoms with Gasteiger partial charge in [0.15, 0.2) is 0 Å². The number of carbonyl (C=O) groups is 1. The van der Waals surface area contributed by atoms with Gasteiger partial charge in [0.2, 0.25) is 10.0 Å². The number of sulfonamides is 1. The second-order valence-electron chi connectivity index (χ2n) is 6.03. The van der Waals surface area contributed by atoms with E-state index in [9.17, 15) is 17.6 Å². The third-order valence-electron chi connectivity index (χ3n) is 4.13. The number of anilines is 1. The summed E-state index contributed by atoms with van der Waals surface area (Å²) in [6, 6.07) is 10.9. The van der Waals surface area contributed by atoms with Gasteiger partial charge in [0, 0.05) is 23.8 Å². The summed E-state index contributed by atoms with van der Waals surface area (Å²) in [5.41, 5.74) is 0.763. The molecule has 0 spiro atoms. The molecule has 1 atom stereocenters. The SMILES string of the molecule is CC1COCCN1S(=O)(=O)c1ccc(C(=O)Nc2ccc(F)cc2)cc1. The van der Waals surface area contributed by atoms with E-state index in [2.05, 4.69) is 5.32 Å². The van der Waals surface area contributed by atoms with Crippen molar-refractivity contribution in [2.45, 2.75) is 17.9 Å². The normalized spacial score (nSPS) is 18.5. The molecule has 2 aromatic carbocycles. The molecule has 1 amide bonds. The Labute approximate surface area is 151 Å². The molecule has 1 unspecified atom stereocenters. The number of nitrogens with one attached hydrogen (secondary N) is 1. The van der Waals surface area contributed by atoms with E-state index in [4.69, 9.17) is 4.74 Å². The van der Waals surface area contributed by atoms with Crippen LogP contribution in [0.1, 0.15) is 17.3 Å². The lowest BCUT2D eigenvalue weighted by Gasteiger charge is -2.32. The number of nitrogens with zero attached hydrogens (tertiary/aromatic N) is 1. The third kappa shape index (κ3) is 3.92. The van der Waals surface area contributed by atoms with E-state index in [0.717, 1.165) is 0 Å². The van der Waals surface area contributed by atoms with Crippen LogP contribution in [0.5, 0.6) is 0 Å². The van der Waals surface area contributed by atoms with Gasteiger partial charge in [-0.15, -0.1) is 0 Å². The molecule has 0 saturated carbocycles. The molecule has 0 radical (unpaired) electrons. The highest BCUT2D eigenvalue weighted by Gasteiger charge is 2.31. The molecule has 1 N–H and O–H groups in total. The number of rotatable bonds is 4. The van der Waals surface area contributed by atoms with Crippen LogP contribution >= 0.6 is 0 Å². The molecule has 1 fully saturated rings. The summed E-state index contributed by atoms with van der Waals surface area (Å²) in [5.74, 6) is -0.796. The molecule has 8 heteroatoms. The van der Waals surface area contributed by atoms with Crippen LogP contribution in [0.15, 0.2) is 53.4 Å². The van der Waals surface area contributed by atoms with Crippen LogP contribution < -0.4 is 5.32 Å². The van der Waals surface area contributed by atoms with Crippen molar-refractivity contribution in [3.8, 4) is 0 Å². The topological polar surface area (TPSA) is 75.7 Å². The summed E-state index contributed by atoms with van der Waals surface area (Å²) in [5, 5.41) is 2.63. The molecular formula is C18H19FN2O4S. The fourth-order valence-electron chi connectivity index (χ4n) is 2.72. The van der Waals surface area contributed by atoms with E-state index < -0.39 is 21.7 Å². The molecular weight excluding hydrogens is 359 g/mol. The molecule has 0 aliphatic carbocycles. The van der Waals surface area contributed by atoms with Crippen LogP contribution in [0.25, 0.3) is 0 Å². The van der Waals surface area contributed by atoms with Crippen molar-refractivity contribution in [3.05, 3.63) is 59.9 Å². The van der Waals surface area contributed by atoms with Gasteiger partial charge in [-0.3, -0.25) is 4.79 Å². The molecule has 1 aliphatic heterocycles. The number of carbonyl (C=O) groups excluding carboxylic acids is 1. The first kappa shape index (κ1) is 18.5. The van der Waals surface area contributed by atoms with Crippen molar-refractivity contribution < 1.29 is 22.3 Å². The maximum absolute atomic E-state index is 12.9. The summed E-state index contributed by atoms with van der Waals surface area (Å²) in [4.78, 5) is 12.4. The van der Waals surface area contributed by atoms with Gasteiger partial charge in [0.25, 0.3) is 5.91 Å². The Bertz CT molecular complexity index is 882. The molecule has 1 aliphatic rings. The number of benzene rings is 2. The predicted molar refractivity (Wildman–Crippen MR) is 95.0 cm³/mol. The van der Waals surface area contributed by atoms with Crippen molar-refractivity contribution in [2.24, 2.45) is 0 Å². The van der Waals surface area contributed by atoms with Crippen LogP contribution in [0.3, 0.4) is 0 Å². The Morgan fingerprint density at radius 1 is 1.15 bits per heavy atom. The minimum atomic E-state index is -3.64. The van der Waals surface area contributed by atoms with Gasteiger partial charge in [0.05, 0.1) is 18.1 Å². The maximum atomic E-state index is 12.9. The largest absolute Gasteiger partial charge is 0.378 e. The van der Waals surface area contributed by atoms with E-state index in [1.54, 1.807) is 6.92 Å². The first-order valence-electron chi connectivity index (χ1n) is 8.14. The second kappa shape index (κ2) is 7.53. The Balaban J connectivity index is 1.75. The van der Waals surface area contributed by atoms with E-state index >= 15 is 0 Å². The standard InChI is InChI=1S/C18H19FN2O4S/c1-13-12-25-11-10-21(13)26(23,24)17-8-2-14(3-9-17)18(22)20-16-6-4-15(19)5-7-16/h2-9,13H,10-12H2,1H3,(H,20,22). The highest BCUT2D eigenvalue weighted by molar-refractivity contribution is 7.89. The molecule has 0 bridgehead atoms. The van der Waals surface area contributed by atoms with E-state index in [-0.39, 0.29) is 10.9 Å². The Morgan fingerprint density at radius 3 is 2.42 bits per heavy atom. The quantitative estimate of drug-likeness (QED) is 0.887. The lowest BCUT2D eigenvalue weighted by atomic mass is 10.2. The highest BCUT2D eigenvalue weighted by Crippen LogP contribution is 2.21. The number of ether oxygens (including phenoxy) is 1. The number of morpholine rings is 1. The van der Waals surface area contributed by atoms with Gasteiger partial charge in [0.1, 0.15) is 5.82 Å². The smallest absolute Gasteiger partial charge is 0.255 e. The molecule has 26 heavy (non-hydrogen) atoms. The van der Waals surface area contributed by atoms with Gasteiger partial charge in [-0.25, -0.2) is 12.8 Å². The van der Waals surface area contributed by atoms with E-state index in [1.165, 1.54) is 52.8 Å². The maximum Gasteiger partial charge on any atom is 0.255 e. The van der Waals surface area contributed by atoms with Crippen LogP contribution in [0.4, 0.5) is 10.1 Å². The first-order chi connectivity index (χ1) is 12.4. The Morgan fingerprint density at radius 2 is 1.81 bits per heavy atom. The van der Waals surface area contributed by atoms with Gasteiger partial charge in [-0.1, -0.05) is 0 Å². The van der Waals surface area contributed by atoms with Crippen LogP contribution in [-0.4, -0.2) is 44.4 Å². The van der Waals surface area contributed by atoms with Crippen molar-refractivity contribution in [2.75, 3.05) is 25.1 Å². The van der Waals surface area contributed by atoms with Crippen LogP contribution in [-0.2, 0) is 14.8 Å². The molecule has 1 heterocycles. The van der Waals surface area contributed by atoms with E-state index in [0.29, 0.717) is 31.0 Å². The molecule has 1 saturated heterocycles. The fraction of sp³-hybridized carbons (Fsp3) is 0.278. The Hall–Kier alpha value is -2.29. The van der Waals surface area contributed by atoms with Crippen molar-refractivity contribution in [1.82, 2.24) is 4.31 Å². The fourth-order valence-corrected chi connectivity index (χ4v) is 4.32. The van der Waals surface area contributed by atoms with Gasteiger partial charge in [-0.05, 0) is 55.5 Å². The molecule has 138 valence electrons. The minimum Gasteiger partial charge on any atom is -0.378 e. The average Bonchev–Trinajstić information content (AvgIpc) is 2.64. The van der Waals surface area contributed by atoms with Gasteiger partial charge in [-0.2, -0.15) is 4.31 Å². The minimum absolute atomic E-state index is 0.129.